The quantitative estimate of drug-likeness (QED) is 0.379. The van der Waals surface area contributed by atoms with Gasteiger partial charge < -0.3 is 14.4 Å². The molecule has 5 rings (SSSR count). The number of rotatable bonds is 7. The number of aromatic nitrogens is 1. The molecule has 0 saturated carbocycles. The summed E-state index contributed by atoms with van der Waals surface area (Å²) in [6.07, 6.45) is 1.09. The number of halogens is 3. The minimum absolute atomic E-state index is 0.0329. The molecule has 1 aliphatic carbocycles. The summed E-state index contributed by atoms with van der Waals surface area (Å²) in [5.41, 5.74) is 3.98. The molecule has 38 heavy (non-hydrogen) atoms. The van der Waals surface area contributed by atoms with E-state index in [-0.39, 0.29) is 12.3 Å². The molecule has 0 bridgehead atoms. The molecular formula is C30H31F3N2O3. The molecule has 2 aromatic carbocycles. The molecule has 2 aliphatic rings. The fourth-order valence-electron chi connectivity index (χ4n) is 5.52. The van der Waals surface area contributed by atoms with Gasteiger partial charge >= 0.3 is 12.1 Å². The molecule has 1 atom stereocenters. The molecule has 2 heterocycles. The first-order chi connectivity index (χ1) is 18.0. The second kappa shape index (κ2) is 9.98. The van der Waals surface area contributed by atoms with Gasteiger partial charge in [0.15, 0.2) is 0 Å². The van der Waals surface area contributed by atoms with Crippen LogP contribution in [0.5, 0.6) is 5.75 Å². The van der Waals surface area contributed by atoms with Gasteiger partial charge in [0.25, 0.3) is 0 Å². The number of fused-ring (bicyclic) bond motifs is 1. The van der Waals surface area contributed by atoms with Crippen molar-refractivity contribution in [2.45, 2.75) is 45.9 Å². The SMILES string of the molecule is CC1=C(CN2CCC(C)(C(=O)O)C2)CCc2cc(OCc3ccc(-n4cccc4)c(C(F)(F)F)c3)ccc21. The summed E-state index contributed by atoms with van der Waals surface area (Å²) in [7, 11) is 0. The number of aliphatic carboxylic acids is 1. The van der Waals surface area contributed by atoms with Crippen molar-refractivity contribution in [3.63, 3.8) is 0 Å². The lowest BCUT2D eigenvalue weighted by atomic mass is 9.86. The summed E-state index contributed by atoms with van der Waals surface area (Å²) in [6, 6.07) is 13.5. The molecular weight excluding hydrogens is 493 g/mol. The molecule has 0 amide bonds. The van der Waals surface area contributed by atoms with Gasteiger partial charge in [-0.3, -0.25) is 9.69 Å². The lowest BCUT2D eigenvalue weighted by Crippen LogP contribution is -2.32. The van der Waals surface area contributed by atoms with E-state index in [0.717, 1.165) is 43.1 Å². The molecule has 1 saturated heterocycles. The molecule has 1 aliphatic heterocycles. The molecule has 1 fully saturated rings. The Bertz CT molecular complexity index is 1380. The van der Waals surface area contributed by atoms with Crippen molar-refractivity contribution >= 4 is 11.5 Å². The van der Waals surface area contributed by atoms with Crippen LogP contribution in [0, 0.1) is 5.41 Å². The summed E-state index contributed by atoms with van der Waals surface area (Å²) >= 11 is 0. The second-order valence-electron chi connectivity index (χ2n) is 10.6. The zero-order chi connectivity index (χ0) is 27.1. The third-order valence-electron chi connectivity index (χ3n) is 7.84. The van der Waals surface area contributed by atoms with Crippen LogP contribution in [0.1, 0.15) is 48.9 Å². The predicted molar refractivity (Wildman–Crippen MR) is 139 cm³/mol. The topological polar surface area (TPSA) is 54.7 Å². The first kappa shape index (κ1) is 26.1. The van der Waals surface area contributed by atoms with E-state index in [4.69, 9.17) is 4.74 Å². The van der Waals surface area contributed by atoms with Crippen LogP contribution in [0.25, 0.3) is 11.3 Å². The van der Waals surface area contributed by atoms with Crippen LogP contribution in [-0.4, -0.2) is 40.2 Å². The first-order valence-electron chi connectivity index (χ1n) is 12.8. The maximum absolute atomic E-state index is 13.8. The standard InChI is InChI=1S/C30H31F3N2O3/c1-20-23(17-34-14-11-29(2,19-34)28(36)37)7-6-22-16-24(8-9-25(20)22)38-18-21-5-10-27(35-12-3-4-13-35)26(15-21)30(31,32)33/h3-5,8-10,12-13,15-16H,6-7,11,14,17-19H2,1-2H3,(H,36,37). The molecule has 0 radical (unpaired) electrons. The van der Waals surface area contributed by atoms with Crippen LogP contribution in [-0.2, 0) is 24.0 Å². The number of nitrogens with zero attached hydrogens (tertiary/aromatic N) is 2. The van der Waals surface area contributed by atoms with Crippen molar-refractivity contribution < 1.29 is 27.8 Å². The number of aryl methyl sites for hydroxylation is 1. The van der Waals surface area contributed by atoms with Gasteiger partial charge in [0, 0.05) is 25.5 Å². The molecule has 1 N–H and O–H groups in total. The summed E-state index contributed by atoms with van der Waals surface area (Å²) in [5, 5.41) is 9.52. The van der Waals surface area contributed by atoms with Crippen molar-refractivity contribution in [3.05, 3.63) is 88.8 Å². The number of carboxylic acids is 1. The van der Waals surface area contributed by atoms with Crippen molar-refractivity contribution in [2.75, 3.05) is 19.6 Å². The summed E-state index contributed by atoms with van der Waals surface area (Å²) in [5.74, 6) is -0.112. The van der Waals surface area contributed by atoms with Crippen molar-refractivity contribution in [1.82, 2.24) is 9.47 Å². The van der Waals surface area contributed by atoms with Crippen LogP contribution in [0.15, 0.2) is 66.5 Å². The average Bonchev–Trinajstić information content (AvgIpc) is 3.55. The number of alkyl halides is 3. The molecule has 1 unspecified atom stereocenters. The van der Waals surface area contributed by atoms with Gasteiger partial charge in [0.05, 0.1) is 16.7 Å². The van der Waals surface area contributed by atoms with E-state index in [2.05, 4.69) is 11.8 Å². The number of ether oxygens (including phenoxy) is 1. The highest BCUT2D eigenvalue weighted by Gasteiger charge is 2.40. The van der Waals surface area contributed by atoms with Crippen molar-refractivity contribution in [3.8, 4) is 11.4 Å². The smallest absolute Gasteiger partial charge is 0.418 e. The van der Waals surface area contributed by atoms with E-state index in [1.807, 2.05) is 25.1 Å². The van der Waals surface area contributed by atoms with E-state index >= 15 is 0 Å². The number of benzene rings is 2. The Kier molecular flexibility index (Phi) is 6.86. The number of carboxylic acid groups (broad SMARTS) is 1. The Morgan fingerprint density at radius 1 is 1.11 bits per heavy atom. The molecule has 200 valence electrons. The van der Waals surface area contributed by atoms with E-state index in [9.17, 15) is 23.1 Å². The van der Waals surface area contributed by atoms with Gasteiger partial charge in [-0.25, -0.2) is 0 Å². The van der Waals surface area contributed by atoms with Crippen LogP contribution in [0.3, 0.4) is 0 Å². The summed E-state index contributed by atoms with van der Waals surface area (Å²) < 4.78 is 48.6. The second-order valence-corrected chi connectivity index (χ2v) is 10.6. The fraction of sp³-hybridized carbons (Fsp3) is 0.367. The molecule has 8 heteroatoms. The van der Waals surface area contributed by atoms with E-state index in [0.29, 0.717) is 24.3 Å². The van der Waals surface area contributed by atoms with Crippen LogP contribution in [0.4, 0.5) is 13.2 Å². The zero-order valence-corrected chi connectivity index (χ0v) is 21.5. The van der Waals surface area contributed by atoms with E-state index in [1.54, 1.807) is 30.6 Å². The van der Waals surface area contributed by atoms with Gasteiger partial charge in [-0.2, -0.15) is 13.2 Å². The third-order valence-corrected chi connectivity index (χ3v) is 7.84. The highest BCUT2D eigenvalue weighted by atomic mass is 19.4. The average molecular weight is 525 g/mol. The number of allylic oxidation sites excluding steroid dienone is 1. The van der Waals surface area contributed by atoms with Crippen LogP contribution >= 0.6 is 0 Å². The lowest BCUT2D eigenvalue weighted by Gasteiger charge is -2.26. The molecule has 3 aromatic rings. The Hall–Kier alpha value is -3.52. The van der Waals surface area contributed by atoms with Gasteiger partial charge in [-0.15, -0.1) is 0 Å². The Balaban J connectivity index is 1.28. The minimum atomic E-state index is -4.48. The predicted octanol–water partition coefficient (Wildman–Crippen LogP) is 6.59. The number of carbonyl (C=O) groups is 1. The Morgan fingerprint density at radius 2 is 1.87 bits per heavy atom. The van der Waals surface area contributed by atoms with E-state index in [1.165, 1.54) is 21.8 Å². The maximum atomic E-state index is 13.8. The summed E-state index contributed by atoms with van der Waals surface area (Å²) in [4.78, 5) is 13.8. The molecule has 5 nitrogen and oxygen atoms in total. The number of hydrogen-bond donors (Lipinski definition) is 1. The van der Waals surface area contributed by atoms with Crippen molar-refractivity contribution in [1.29, 1.82) is 0 Å². The summed E-state index contributed by atoms with van der Waals surface area (Å²) in [6.45, 7) is 6.06. The number of hydrogen-bond acceptors (Lipinski definition) is 3. The molecule has 1 aromatic heterocycles. The largest absolute Gasteiger partial charge is 0.489 e. The third kappa shape index (κ3) is 5.23. The highest BCUT2D eigenvalue weighted by molar-refractivity contribution is 5.75. The molecule has 0 spiro atoms. The van der Waals surface area contributed by atoms with Crippen LogP contribution < -0.4 is 4.74 Å². The normalized spacial score (nSPS) is 20.0. The van der Waals surface area contributed by atoms with Gasteiger partial charge in [0.2, 0.25) is 0 Å². The zero-order valence-electron chi connectivity index (χ0n) is 21.5. The minimum Gasteiger partial charge on any atom is -0.489 e. The van der Waals surface area contributed by atoms with Gasteiger partial charge in [0.1, 0.15) is 12.4 Å². The Labute approximate surface area is 220 Å². The fourth-order valence-corrected chi connectivity index (χ4v) is 5.52. The van der Waals surface area contributed by atoms with Crippen LogP contribution in [0.2, 0.25) is 0 Å². The first-order valence-corrected chi connectivity index (χ1v) is 12.8. The Morgan fingerprint density at radius 3 is 2.55 bits per heavy atom. The highest BCUT2D eigenvalue weighted by Crippen LogP contribution is 2.37. The van der Waals surface area contributed by atoms with Gasteiger partial charge in [-0.1, -0.05) is 17.7 Å². The van der Waals surface area contributed by atoms with Gasteiger partial charge in [-0.05, 0) is 98.3 Å². The monoisotopic (exact) mass is 524 g/mol. The van der Waals surface area contributed by atoms with E-state index < -0.39 is 23.1 Å². The maximum Gasteiger partial charge on any atom is 0.418 e. The van der Waals surface area contributed by atoms with Crippen molar-refractivity contribution in [2.24, 2.45) is 5.41 Å². The number of likely N-dealkylation sites (tertiary alicyclic amines) is 1. The lowest BCUT2D eigenvalue weighted by molar-refractivity contribution is -0.147.